The first-order valence-corrected chi connectivity index (χ1v) is 5.51. The summed E-state index contributed by atoms with van der Waals surface area (Å²) in [4.78, 5) is 15.4. The van der Waals surface area contributed by atoms with E-state index in [1.54, 1.807) is 12.3 Å². The van der Waals surface area contributed by atoms with Crippen LogP contribution in [0.15, 0.2) is 29.2 Å². The Labute approximate surface area is 97.3 Å². The van der Waals surface area contributed by atoms with Crippen molar-refractivity contribution in [2.24, 2.45) is 5.92 Å². The molecular formula is C11H13N3O3. The summed E-state index contributed by atoms with van der Waals surface area (Å²) in [5, 5.41) is 9.95. The monoisotopic (exact) mass is 235 g/mol. The predicted octanol–water partition coefficient (Wildman–Crippen LogP) is -0.340. The van der Waals surface area contributed by atoms with Crippen LogP contribution < -0.4 is 11.4 Å². The maximum atomic E-state index is 11.7. The van der Waals surface area contributed by atoms with Crippen molar-refractivity contribution in [1.29, 1.82) is 0 Å². The van der Waals surface area contributed by atoms with Gasteiger partial charge in [-0.05, 0) is 12.5 Å². The van der Waals surface area contributed by atoms with Gasteiger partial charge >= 0.3 is 5.69 Å². The lowest BCUT2D eigenvalue weighted by molar-refractivity contribution is -0.0187. The van der Waals surface area contributed by atoms with Crippen LogP contribution >= 0.6 is 0 Å². The number of anilines is 1. The normalized spacial score (nSPS) is 35.1. The number of nitrogens with zero attached hydrogens (tertiary/aromatic N) is 2. The van der Waals surface area contributed by atoms with Crippen molar-refractivity contribution in [3.05, 3.63) is 34.9 Å². The lowest BCUT2D eigenvalue weighted by Crippen LogP contribution is -2.32. The molecule has 0 radical (unpaired) electrons. The van der Waals surface area contributed by atoms with E-state index >= 15 is 0 Å². The van der Waals surface area contributed by atoms with Gasteiger partial charge in [-0.15, -0.1) is 0 Å². The molecule has 1 fully saturated rings. The molecule has 0 aromatic carbocycles. The maximum absolute atomic E-state index is 11.7. The van der Waals surface area contributed by atoms with E-state index in [-0.39, 0.29) is 17.8 Å². The van der Waals surface area contributed by atoms with Crippen LogP contribution in [0.2, 0.25) is 0 Å². The van der Waals surface area contributed by atoms with Gasteiger partial charge in [0.1, 0.15) is 12.0 Å². The largest absolute Gasteiger partial charge is 0.390 e. The third-order valence-corrected chi connectivity index (χ3v) is 3.27. The molecule has 2 heterocycles. The molecule has 1 saturated heterocycles. The number of fused-ring (bicyclic) bond motifs is 2. The highest BCUT2D eigenvalue weighted by atomic mass is 16.5. The zero-order valence-corrected chi connectivity index (χ0v) is 9.06. The van der Waals surface area contributed by atoms with Crippen molar-refractivity contribution in [2.75, 3.05) is 5.73 Å². The first kappa shape index (κ1) is 10.5. The number of nitrogen functional groups attached to an aromatic ring is 1. The summed E-state index contributed by atoms with van der Waals surface area (Å²) < 4.78 is 7.05. The molecule has 3 N–H and O–H groups in total. The number of aromatic nitrogens is 2. The SMILES string of the molecule is Nc1ccn(C2OC3CC=CC2C3O)c(=O)n1. The summed E-state index contributed by atoms with van der Waals surface area (Å²) in [6.45, 7) is 0. The lowest BCUT2D eigenvalue weighted by atomic mass is 9.92. The van der Waals surface area contributed by atoms with Crippen LogP contribution in [0.25, 0.3) is 0 Å². The predicted molar refractivity (Wildman–Crippen MR) is 60.1 cm³/mol. The van der Waals surface area contributed by atoms with Crippen molar-refractivity contribution in [3.8, 4) is 0 Å². The van der Waals surface area contributed by atoms with Crippen molar-refractivity contribution < 1.29 is 9.84 Å². The molecule has 6 nitrogen and oxygen atoms in total. The summed E-state index contributed by atoms with van der Waals surface area (Å²) in [5.41, 5.74) is 4.98. The van der Waals surface area contributed by atoms with Gasteiger partial charge in [-0.25, -0.2) is 4.79 Å². The maximum Gasteiger partial charge on any atom is 0.351 e. The fourth-order valence-electron chi connectivity index (χ4n) is 2.41. The average molecular weight is 235 g/mol. The Hall–Kier alpha value is -1.66. The standard InChI is InChI=1S/C11H13N3O3/c12-8-4-5-14(11(16)13-8)10-6-2-1-3-7(17-10)9(6)15/h1-2,4-7,9-10,15H,3H2,(H2,12,13,16). The highest BCUT2D eigenvalue weighted by molar-refractivity contribution is 5.24. The summed E-state index contributed by atoms with van der Waals surface area (Å²) in [5.74, 6) is -0.0137. The van der Waals surface area contributed by atoms with Crippen molar-refractivity contribution >= 4 is 5.82 Å². The summed E-state index contributed by atoms with van der Waals surface area (Å²) in [6, 6.07) is 1.54. The Morgan fingerprint density at radius 2 is 2.41 bits per heavy atom. The minimum Gasteiger partial charge on any atom is -0.390 e. The number of ether oxygens (including phenoxy) is 1. The van der Waals surface area contributed by atoms with E-state index in [9.17, 15) is 9.90 Å². The van der Waals surface area contributed by atoms with Crippen LogP contribution in [-0.4, -0.2) is 26.9 Å². The van der Waals surface area contributed by atoms with Gasteiger partial charge in [0.2, 0.25) is 0 Å². The molecule has 1 aromatic heterocycles. The second-order valence-electron chi connectivity index (χ2n) is 4.34. The van der Waals surface area contributed by atoms with Crippen LogP contribution in [0.1, 0.15) is 12.6 Å². The van der Waals surface area contributed by atoms with Gasteiger partial charge < -0.3 is 15.6 Å². The Morgan fingerprint density at radius 1 is 1.59 bits per heavy atom. The molecule has 6 heteroatoms. The summed E-state index contributed by atoms with van der Waals surface area (Å²) in [7, 11) is 0. The zero-order valence-electron chi connectivity index (χ0n) is 9.06. The van der Waals surface area contributed by atoms with Crippen molar-refractivity contribution in [2.45, 2.75) is 24.9 Å². The quantitative estimate of drug-likeness (QED) is 0.650. The molecular weight excluding hydrogens is 222 g/mol. The third kappa shape index (κ3) is 1.57. The van der Waals surface area contributed by atoms with Crippen LogP contribution in [0.5, 0.6) is 0 Å². The second kappa shape index (κ2) is 3.68. The molecule has 1 aliphatic carbocycles. The minimum absolute atomic E-state index is 0.184. The molecule has 0 saturated carbocycles. The Morgan fingerprint density at radius 3 is 3.12 bits per heavy atom. The van der Waals surface area contributed by atoms with E-state index in [1.807, 2.05) is 12.2 Å². The van der Waals surface area contributed by atoms with Gasteiger partial charge in [0.15, 0.2) is 0 Å². The molecule has 2 aliphatic rings. The molecule has 1 aliphatic heterocycles. The molecule has 4 atom stereocenters. The van der Waals surface area contributed by atoms with Crippen LogP contribution in [0.3, 0.4) is 0 Å². The van der Waals surface area contributed by atoms with Crippen molar-refractivity contribution in [1.82, 2.24) is 9.55 Å². The van der Waals surface area contributed by atoms with Gasteiger partial charge in [-0.1, -0.05) is 12.2 Å². The van der Waals surface area contributed by atoms with Gasteiger partial charge in [0.05, 0.1) is 18.1 Å². The second-order valence-corrected chi connectivity index (χ2v) is 4.34. The Bertz CT molecular complexity index is 525. The number of rotatable bonds is 1. The lowest BCUT2D eigenvalue weighted by Gasteiger charge is -2.19. The van der Waals surface area contributed by atoms with Crippen LogP contribution in [0, 0.1) is 5.92 Å². The Balaban J connectivity index is 2.01. The number of nitrogens with two attached hydrogens (primary N) is 1. The van der Waals surface area contributed by atoms with Gasteiger partial charge in [-0.2, -0.15) is 4.98 Å². The fourth-order valence-corrected chi connectivity index (χ4v) is 2.41. The number of hydrogen-bond acceptors (Lipinski definition) is 5. The Kier molecular flexibility index (Phi) is 2.27. The molecule has 90 valence electrons. The summed E-state index contributed by atoms with van der Waals surface area (Å²) >= 11 is 0. The molecule has 3 rings (SSSR count). The molecule has 4 unspecified atom stereocenters. The molecule has 2 bridgehead atoms. The highest BCUT2D eigenvalue weighted by Crippen LogP contribution is 2.39. The molecule has 0 spiro atoms. The number of aliphatic hydroxyl groups excluding tert-OH is 1. The van der Waals surface area contributed by atoms with Gasteiger partial charge in [0, 0.05) is 6.20 Å². The smallest absolute Gasteiger partial charge is 0.351 e. The third-order valence-electron chi connectivity index (χ3n) is 3.27. The van der Waals surface area contributed by atoms with Crippen LogP contribution in [-0.2, 0) is 4.74 Å². The number of hydrogen-bond donors (Lipinski definition) is 2. The molecule has 0 amide bonds. The minimum atomic E-state index is -0.561. The van der Waals surface area contributed by atoms with Crippen LogP contribution in [0.4, 0.5) is 5.82 Å². The highest BCUT2D eigenvalue weighted by Gasteiger charge is 2.44. The first-order chi connectivity index (χ1) is 8.16. The van der Waals surface area contributed by atoms with Gasteiger partial charge in [0.25, 0.3) is 0 Å². The zero-order chi connectivity index (χ0) is 12.0. The van der Waals surface area contributed by atoms with Gasteiger partial charge in [-0.3, -0.25) is 4.57 Å². The number of aliphatic hydroxyl groups is 1. The first-order valence-electron chi connectivity index (χ1n) is 5.51. The van der Waals surface area contributed by atoms with E-state index < -0.39 is 18.0 Å². The van der Waals surface area contributed by atoms with E-state index in [2.05, 4.69) is 4.98 Å². The van der Waals surface area contributed by atoms with E-state index in [0.29, 0.717) is 6.42 Å². The van der Waals surface area contributed by atoms with E-state index in [0.717, 1.165) is 0 Å². The fraction of sp³-hybridized carbons (Fsp3) is 0.455. The average Bonchev–Trinajstić information content (AvgIpc) is 2.50. The summed E-state index contributed by atoms with van der Waals surface area (Å²) in [6.07, 6.45) is 4.80. The van der Waals surface area contributed by atoms with Crippen molar-refractivity contribution in [3.63, 3.8) is 0 Å². The molecule has 1 aromatic rings. The topological polar surface area (TPSA) is 90.4 Å². The van der Waals surface area contributed by atoms with E-state index in [1.165, 1.54) is 4.57 Å². The molecule has 17 heavy (non-hydrogen) atoms. The van der Waals surface area contributed by atoms with E-state index in [4.69, 9.17) is 10.5 Å².